The summed E-state index contributed by atoms with van der Waals surface area (Å²) >= 11 is 0. The summed E-state index contributed by atoms with van der Waals surface area (Å²) in [4.78, 5) is 12.4. The van der Waals surface area contributed by atoms with Gasteiger partial charge in [0.1, 0.15) is 18.2 Å². The first-order valence-electron chi connectivity index (χ1n) is 18.1. The number of rotatable bonds is 29. The van der Waals surface area contributed by atoms with Crippen molar-refractivity contribution in [2.45, 2.75) is 136 Å². The Hall–Kier alpha value is -2.40. The fourth-order valence-electron chi connectivity index (χ4n) is 5.61. The van der Waals surface area contributed by atoms with Crippen LogP contribution in [0.3, 0.4) is 0 Å². The van der Waals surface area contributed by atoms with Crippen molar-refractivity contribution in [1.82, 2.24) is 19.5 Å². The minimum atomic E-state index is -3.69. The van der Waals surface area contributed by atoms with Crippen molar-refractivity contribution in [3.63, 3.8) is 0 Å². The Kier molecular flexibility index (Phi) is 19.9. The summed E-state index contributed by atoms with van der Waals surface area (Å²) in [5.74, 6) is 0.267. The molecule has 0 aliphatic carbocycles. The van der Waals surface area contributed by atoms with Gasteiger partial charge in [-0.3, -0.25) is 4.57 Å². The molecule has 0 radical (unpaired) electrons. The summed E-state index contributed by atoms with van der Waals surface area (Å²) in [7, 11) is -3.69. The summed E-state index contributed by atoms with van der Waals surface area (Å²) in [6.07, 6.45) is 21.7. The predicted octanol–water partition coefficient (Wildman–Crippen LogP) is 8.45. The van der Waals surface area contributed by atoms with E-state index >= 15 is 0 Å². The van der Waals surface area contributed by atoms with Crippen LogP contribution in [0.25, 0.3) is 11.2 Å². The van der Waals surface area contributed by atoms with Crippen LogP contribution in [0.2, 0.25) is 0 Å². The molecule has 0 saturated heterocycles. The first-order chi connectivity index (χ1) is 23.4. The fourth-order valence-corrected chi connectivity index (χ4v) is 6.92. The number of hydrogen-bond donors (Lipinski definition) is 2. The molecular weight excluding hydrogens is 629 g/mol. The van der Waals surface area contributed by atoms with E-state index in [1.165, 1.54) is 89.8 Å². The molecule has 3 rings (SSSR count). The van der Waals surface area contributed by atoms with Crippen molar-refractivity contribution >= 4 is 24.6 Å². The number of aliphatic hydroxyl groups is 1. The first kappa shape index (κ1) is 40.0. The number of aliphatic hydroxyl groups excluding tert-OH is 1. The fraction of sp³-hybridized carbons (Fsp3) is 0.694. The number of nitrogens with two attached hydrogens (primary N) is 1. The van der Waals surface area contributed by atoms with Crippen LogP contribution in [0.15, 0.2) is 43.0 Å². The van der Waals surface area contributed by atoms with Crippen molar-refractivity contribution < 1.29 is 28.2 Å². The lowest BCUT2D eigenvalue weighted by atomic mass is 10.0. The van der Waals surface area contributed by atoms with Crippen LogP contribution in [0, 0.1) is 0 Å². The van der Waals surface area contributed by atoms with Crippen LogP contribution in [-0.4, -0.2) is 63.0 Å². The molecule has 3 aromatic rings. The van der Waals surface area contributed by atoms with E-state index in [1.54, 1.807) is 10.9 Å². The van der Waals surface area contributed by atoms with E-state index < -0.39 is 13.7 Å². The number of nitrogen functional groups attached to an aromatic ring is 1. The van der Waals surface area contributed by atoms with Gasteiger partial charge in [0.25, 0.3) is 0 Å². The topological polar surface area (TPSA) is 144 Å². The normalized spacial score (nSPS) is 14.3. The van der Waals surface area contributed by atoms with Crippen molar-refractivity contribution in [2.24, 2.45) is 0 Å². The molecule has 1 aromatic carbocycles. The molecule has 12 heteroatoms. The zero-order chi connectivity index (χ0) is 34.3. The van der Waals surface area contributed by atoms with Gasteiger partial charge in [0, 0.05) is 0 Å². The minimum absolute atomic E-state index is 0.0911. The molecule has 0 aliphatic heterocycles. The van der Waals surface area contributed by atoms with Crippen LogP contribution in [0.4, 0.5) is 5.82 Å². The molecule has 2 aromatic heterocycles. The highest BCUT2D eigenvalue weighted by Crippen LogP contribution is 2.49. The molecule has 0 fully saturated rings. The standard InChI is InChI=1S/C36H60N5O6P/c1-3-4-5-6-7-8-9-10-11-12-13-14-15-17-20-31(2)44-23-24-46-48(43,47-27-32-21-18-16-19-22-32)30-45-33(26-42)25-41-29-40-34-35(37)38-28-39-36(34)41/h16,18-19,21-22,28-29,31,33,42H,3-15,17,20,23-27,30H2,1-2H3,(H2,37,38,39)/t31?,33?,48-/m1/s1. The molecule has 3 atom stereocenters. The van der Waals surface area contributed by atoms with Crippen molar-refractivity contribution in [1.29, 1.82) is 0 Å². The second kappa shape index (κ2) is 23.9. The maximum absolute atomic E-state index is 13.8. The lowest BCUT2D eigenvalue weighted by Gasteiger charge is -2.22. The van der Waals surface area contributed by atoms with Gasteiger partial charge in [-0.2, -0.15) is 0 Å². The van der Waals surface area contributed by atoms with Gasteiger partial charge in [0.2, 0.25) is 0 Å². The van der Waals surface area contributed by atoms with Gasteiger partial charge in [-0.25, -0.2) is 15.0 Å². The van der Waals surface area contributed by atoms with Crippen molar-refractivity contribution in [3.8, 4) is 0 Å². The van der Waals surface area contributed by atoms with E-state index in [9.17, 15) is 9.67 Å². The molecule has 0 saturated carbocycles. The highest BCUT2D eigenvalue weighted by atomic mass is 31.2. The van der Waals surface area contributed by atoms with Crippen LogP contribution in [-0.2, 0) is 36.2 Å². The van der Waals surface area contributed by atoms with Gasteiger partial charge in [-0.05, 0) is 18.9 Å². The molecular formula is C36H60N5O6P. The number of hydrogen-bond acceptors (Lipinski definition) is 10. The summed E-state index contributed by atoms with van der Waals surface area (Å²) in [6.45, 7) is 4.73. The Morgan fingerprint density at radius 3 is 2.12 bits per heavy atom. The number of unbranched alkanes of at least 4 members (excludes halogenated alkanes) is 13. The summed E-state index contributed by atoms with van der Waals surface area (Å²) < 4.78 is 38.9. The van der Waals surface area contributed by atoms with Gasteiger partial charge < -0.3 is 33.9 Å². The molecule has 0 spiro atoms. The number of benzene rings is 1. The van der Waals surface area contributed by atoms with E-state index in [2.05, 4.69) is 28.8 Å². The molecule has 3 N–H and O–H groups in total. The number of anilines is 1. The van der Waals surface area contributed by atoms with E-state index in [0.717, 1.165) is 18.4 Å². The molecule has 0 bridgehead atoms. The molecule has 270 valence electrons. The molecule has 2 heterocycles. The number of imidazole rings is 1. The molecule has 48 heavy (non-hydrogen) atoms. The third-order valence-electron chi connectivity index (χ3n) is 8.51. The summed E-state index contributed by atoms with van der Waals surface area (Å²) in [6, 6.07) is 9.47. The van der Waals surface area contributed by atoms with Gasteiger partial charge in [-0.1, -0.05) is 127 Å². The maximum atomic E-state index is 13.8. The van der Waals surface area contributed by atoms with E-state index in [4.69, 9.17) is 24.3 Å². The number of aromatic nitrogens is 4. The van der Waals surface area contributed by atoms with Crippen LogP contribution < -0.4 is 5.73 Å². The smallest absolute Gasteiger partial charge is 0.356 e. The Labute approximate surface area is 287 Å². The lowest BCUT2D eigenvalue weighted by molar-refractivity contribution is 0.00755. The number of nitrogens with zero attached hydrogens (tertiary/aromatic N) is 4. The van der Waals surface area contributed by atoms with Crippen LogP contribution in [0.1, 0.15) is 116 Å². The lowest BCUT2D eigenvalue weighted by Crippen LogP contribution is -2.25. The zero-order valence-corrected chi connectivity index (χ0v) is 30.2. The Morgan fingerprint density at radius 2 is 1.48 bits per heavy atom. The van der Waals surface area contributed by atoms with Crippen molar-refractivity contribution in [3.05, 3.63) is 48.5 Å². The second-order valence-electron chi connectivity index (χ2n) is 12.7. The summed E-state index contributed by atoms with van der Waals surface area (Å²) in [5, 5.41) is 10.0. The average molecular weight is 690 g/mol. The van der Waals surface area contributed by atoms with Crippen LogP contribution >= 0.6 is 7.60 Å². The molecule has 0 aliphatic rings. The number of fused-ring (bicyclic) bond motifs is 1. The highest BCUT2D eigenvalue weighted by molar-refractivity contribution is 7.53. The number of ether oxygens (including phenoxy) is 2. The average Bonchev–Trinajstić information content (AvgIpc) is 3.52. The Morgan fingerprint density at radius 1 is 0.833 bits per heavy atom. The van der Waals surface area contributed by atoms with Gasteiger partial charge in [0.05, 0.1) is 51.5 Å². The molecule has 2 unspecified atom stereocenters. The monoisotopic (exact) mass is 689 g/mol. The Balaban J connectivity index is 1.33. The van der Waals surface area contributed by atoms with Gasteiger partial charge in [0.15, 0.2) is 11.5 Å². The SMILES string of the molecule is CCCCCCCCCCCCCCCCC(C)OCCO[P@](=O)(COC(CO)Cn1cnc2c(N)ncnc21)OCc1ccccc1. The summed E-state index contributed by atoms with van der Waals surface area (Å²) in [5.41, 5.74) is 7.74. The van der Waals surface area contributed by atoms with Crippen LogP contribution in [0.5, 0.6) is 0 Å². The first-order valence-corrected chi connectivity index (χ1v) is 19.8. The minimum Gasteiger partial charge on any atom is -0.394 e. The highest BCUT2D eigenvalue weighted by Gasteiger charge is 2.28. The van der Waals surface area contributed by atoms with Crippen molar-refractivity contribution in [2.75, 3.05) is 31.9 Å². The quantitative estimate of drug-likeness (QED) is 0.0538. The van der Waals surface area contributed by atoms with E-state index in [1.807, 2.05) is 30.3 Å². The molecule has 11 nitrogen and oxygen atoms in total. The third kappa shape index (κ3) is 15.9. The van der Waals surface area contributed by atoms with Gasteiger partial charge in [-0.15, -0.1) is 0 Å². The second-order valence-corrected chi connectivity index (χ2v) is 14.7. The maximum Gasteiger partial charge on any atom is 0.356 e. The Bertz CT molecular complexity index is 1300. The zero-order valence-electron chi connectivity index (χ0n) is 29.3. The largest absolute Gasteiger partial charge is 0.394 e. The van der Waals surface area contributed by atoms with E-state index in [-0.39, 0.29) is 44.6 Å². The third-order valence-corrected chi connectivity index (χ3v) is 10.1. The van der Waals surface area contributed by atoms with E-state index in [0.29, 0.717) is 17.8 Å². The predicted molar refractivity (Wildman–Crippen MR) is 192 cm³/mol. The molecule has 0 amide bonds. The van der Waals surface area contributed by atoms with Gasteiger partial charge >= 0.3 is 7.60 Å².